The highest BCUT2D eigenvalue weighted by molar-refractivity contribution is 5.82. The second-order valence-corrected chi connectivity index (χ2v) is 6.40. The summed E-state index contributed by atoms with van der Waals surface area (Å²) in [7, 11) is 0. The molecule has 1 atom stereocenters. The van der Waals surface area contributed by atoms with Crippen LogP contribution in [0, 0.1) is 0 Å². The Morgan fingerprint density at radius 3 is 2.53 bits per heavy atom. The van der Waals surface area contributed by atoms with Gasteiger partial charge in [-0.1, -0.05) is 24.3 Å². The molecule has 0 radical (unpaired) electrons. The van der Waals surface area contributed by atoms with Crippen LogP contribution in [0.5, 0.6) is 0 Å². The van der Waals surface area contributed by atoms with Gasteiger partial charge in [-0.15, -0.1) is 0 Å². The van der Waals surface area contributed by atoms with Crippen LogP contribution in [0.3, 0.4) is 0 Å². The number of benzene rings is 1. The van der Waals surface area contributed by atoms with Crippen LogP contribution < -0.4 is 5.32 Å². The maximum Gasteiger partial charge on any atom is 0.237 e. The van der Waals surface area contributed by atoms with Gasteiger partial charge in [-0.3, -0.25) is 9.69 Å². The van der Waals surface area contributed by atoms with Crippen molar-refractivity contribution in [3.05, 3.63) is 35.4 Å². The van der Waals surface area contributed by atoms with Crippen molar-refractivity contribution in [3.63, 3.8) is 0 Å². The summed E-state index contributed by atoms with van der Waals surface area (Å²) in [6, 6.07) is 8.43. The largest absolute Gasteiger partial charge is 0.350 e. The summed E-state index contributed by atoms with van der Waals surface area (Å²) >= 11 is 0. The van der Waals surface area contributed by atoms with Gasteiger partial charge in [-0.2, -0.15) is 0 Å². The highest BCUT2D eigenvalue weighted by Gasteiger charge is 2.27. The molecule has 3 nitrogen and oxygen atoms in total. The summed E-state index contributed by atoms with van der Waals surface area (Å²) in [5, 5.41) is 3.06. The summed E-state index contributed by atoms with van der Waals surface area (Å²) in [5.74, 6) is 0.117. The minimum Gasteiger partial charge on any atom is -0.350 e. The molecular weight excluding hydrogens is 236 g/mol. The first-order chi connectivity index (χ1) is 8.87. The lowest BCUT2D eigenvalue weighted by Crippen LogP contribution is -2.51. The summed E-state index contributed by atoms with van der Waals surface area (Å²) in [4.78, 5) is 14.5. The minimum absolute atomic E-state index is 0.0763. The fourth-order valence-corrected chi connectivity index (χ4v) is 2.49. The number of rotatable bonds is 2. The van der Waals surface area contributed by atoms with Crippen molar-refractivity contribution >= 4 is 5.91 Å². The van der Waals surface area contributed by atoms with Crippen LogP contribution in [0.2, 0.25) is 0 Å². The van der Waals surface area contributed by atoms with E-state index in [1.165, 1.54) is 11.1 Å². The van der Waals surface area contributed by atoms with E-state index in [0.29, 0.717) is 0 Å². The van der Waals surface area contributed by atoms with Gasteiger partial charge in [0.1, 0.15) is 0 Å². The molecule has 104 valence electrons. The monoisotopic (exact) mass is 260 g/mol. The molecule has 0 saturated heterocycles. The molecule has 1 N–H and O–H groups in total. The fraction of sp³-hybridized carbons (Fsp3) is 0.562. The molecule has 1 aliphatic heterocycles. The van der Waals surface area contributed by atoms with Crippen molar-refractivity contribution < 1.29 is 4.79 Å². The Hall–Kier alpha value is -1.35. The topological polar surface area (TPSA) is 32.3 Å². The summed E-state index contributed by atoms with van der Waals surface area (Å²) in [5.41, 5.74) is 2.60. The predicted molar refractivity (Wildman–Crippen MR) is 77.9 cm³/mol. The van der Waals surface area contributed by atoms with Gasteiger partial charge in [0.25, 0.3) is 0 Å². The van der Waals surface area contributed by atoms with Gasteiger partial charge in [-0.05, 0) is 45.2 Å². The Kier molecular flexibility index (Phi) is 3.95. The maximum atomic E-state index is 12.2. The predicted octanol–water partition coefficient (Wildman–Crippen LogP) is 2.35. The molecule has 1 heterocycles. The molecule has 0 aromatic heterocycles. The van der Waals surface area contributed by atoms with E-state index in [0.717, 1.165) is 19.5 Å². The van der Waals surface area contributed by atoms with Gasteiger partial charge in [0, 0.05) is 18.6 Å². The van der Waals surface area contributed by atoms with Crippen LogP contribution in [0.1, 0.15) is 38.8 Å². The van der Waals surface area contributed by atoms with E-state index >= 15 is 0 Å². The second kappa shape index (κ2) is 5.33. The van der Waals surface area contributed by atoms with Crippen molar-refractivity contribution in [2.45, 2.75) is 52.2 Å². The Balaban J connectivity index is 2.02. The van der Waals surface area contributed by atoms with E-state index in [4.69, 9.17) is 0 Å². The van der Waals surface area contributed by atoms with Gasteiger partial charge in [-0.25, -0.2) is 0 Å². The number of amides is 1. The van der Waals surface area contributed by atoms with E-state index < -0.39 is 0 Å². The van der Waals surface area contributed by atoms with Crippen LogP contribution in [0.15, 0.2) is 24.3 Å². The zero-order valence-electron chi connectivity index (χ0n) is 12.4. The van der Waals surface area contributed by atoms with Crippen LogP contribution >= 0.6 is 0 Å². The standard InChI is InChI=1S/C16H24N2O/c1-12(15(19)17-16(2,3)4)18-10-9-13-7-5-6-8-14(13)11-18/h5-8,12H,9-11H2,1-4H3,(H,17,19)/t12-/m0/s1. The molecule has 2 rings (SSSR count). The van der Waals surface area contributed by atoms with Gasteiger partial charge in [0.2, 0.25) is 5.91 Å². The van der Waals surface area contributed by atoms with Gasteiger partial charge < -0.3 is 5.32 Å². The Morgan fingerprint density at radius 2 is 1.89 bits per heavy atom. The lowest BCUT2D eigenvalue weighted by Gasteiger charge is -2.34. The number of carbonyl (C=O) groups is 1. The average molecular weight is 260 g/mol. The fourth-order valence-electron chi connectivity index (χ4n) is 2.49. The third kappa shape index (κ3) is 3.57. The molecule has 1 aromatic rings. The molecule has 19 heavy (non-hydrogen) atoms. The number of carbonyl (C=O) groups excluding carboxylic acids is 1. The van der Waals surface area contributed by atoms with Crippen LogP contribution in [-0.2, 0) is 17.8 Å². The van der Waals surface area contributed by atoms with Crippen LogP contribution in [-0.4, -0.2) is 28.9 Å². The number of hydrogen-bond donors (Lipinski definition) is 1. The summed E-state index contributed by atoms with van der Waals surface area (Å²) in [6.45, 7) is 9.87. The maximum absolute atomic E-state index is 12.2. The molecular formula is C16H24N2O. The molecule has 1 aliphatic rings. The van der Waals surface area contributed by atoms with Gasteiger partial charge in [0.15, 0.2) is 0 Å². The molecule has 1 amide bonds. The van der Waals surface area contributed by atoms with Crippen molar-refractivity contribution in [1.29, 1.82) is 0 Å². The third-order valence-corrected chi connectivity index (χ3v) is 3.59. The molecule has 0 bridgehead atoms. The van der Waals surface area contributed by atoms with E-state index in [-0.39, 0.29) is 17.5 Å². The SMILES string of the molecule is C[C@@H](C(=O)NC(C)(C)C)N1CCc2ccccc2C1. The van der Waals surface area contributed by atoms with Crippen molar-refractivity contribution in [2.75, 3.05) is 6.54 Å². The first kappa shape index (κ1) is 14.1. The summed E-state index contributed by atoms with van der Waals surface area (Å²) < 4.78 is 0. The molecule has 0 fully saturated rings. The zero-order valence-corrected chi connectivity index (χ0v) is 12.4. The lowest BCUT2D eigenvalue weighted by atomic mass is 9.98. The Labute approximate surface area is 116 Å². The molecule has 0 aliphatic carbocycles. The second-order valence-electron chi connectivity index (χ2n) is 6.40. The first-order valence-electron chi connectivity index (χ1n) is 7.00. The third-order valence-electron chi connectivity index (χ3n) is 3.59. The Bertz CT molecular complexity index is 462. The molecule has 0 saturated carbocycles. The summed E-state index contributed by atoms with van der Waals surface area (Å²) in [6.07, 6.45) is 1.03. The number of hydrogen-bond acceptors (Lipinski definition) is 2. The normalized spacial score (nSPS) is 17.7. The van der Waals surface area contributed by atoms with E-state index in [1.807, 2.05) is 27.7 Å². The number of fused-ring (bicyclic) bond motifs is 1. The van der Waals surface area contributed by atoms with Crippen LogP contribution in [0.25, 0.3) is 0 Å². The molecule has 0 unspecified atom stereocenters. The van der Waals surface area contributed by atoms with Crippen LogP contribution in [0.4, 0.5) is 0 Å². The lowest BCUT2D eigenvalue weighted by molar-refractivity contribution is -0.127. The highest BCUT2D eigenvalue weighted by Crippen LogP contribution is 2.20. The van der Waals surface area contributed by atoms with E-state index in [9.17, 15) is 4.79 Å². The van der Waals surface area contributed by atoms with Crippen molar-refractivity contribution in [3.8, 4) is 0 Å². The Morgan fingerprint density at radius 1 is 1.26 bits per heavy atom. The van der Waals surface area contributed by atoms with Crippen molar-refractivity contribution in [2.24, 2.45) is 0 Å². The molecule has 3 heteroatoms. The molecule has 0 spiro atoms. The first-order valence-corrected chi connectivity index (χ1v) is 7.00. The van der Waals surface area contributed by atoms with Gasteiger partial charge >= 0.3 is 0 Å². The smallest absolute Gasteiger partial charge is 0.237 e. The van der Waals surface area contributed by atoms with E-state index in [2.05, 4.69) is 34.5 Å². The van der Waals surface area contributed by atoms with E-state index in [1.54, 1.807) is 0 Å². The average Bonchev–Trinajstić information content (AvgIpc) is 2.35. The number of nitrogens with zero attached hydrogens (tertiary/aromatic N) is 1. The number of nitrogens with one attached hydrogen (secondary N) is 1. The minimum atomic E-state index is -0.168. The highest BCUT2D eigenvalue weighted by atomic mass is 16.2. The quantitative estimate of drug-likeness (QED) is 0.885. The zero-order chi connectivity index (χ0) is 14.0. The molecule has 1 aromatic carbocycles. The van der Waals surface area contributed by atoms with Gasteiger partial charge in [0.05, 0.1) is 6.04 Å². The van der Waals surface area contributed by atoms with Crippen molar-refractivity contribution in [1.82, 2.24) is 10.2 Å².